The predicted octanol–water partition coefficient (Wildman–Crippen LogP) is 16.5. The van der Waals surface area contributed by atoms with Crippen molar-refractivity contribution >= 4 is 70.1 Å². The van der Waals surface area contributed by atoms with Gasteiger partial charge in [0, 0.05) is 36.8 Å². The lowest BCUT2D eigenvalue weighted by Gasteiger charge is -2.30. The molecule has 0 aliphatic carbocycles. The van der Waals surface area contributed by atoms with Crippen molar-refractivity contribution in [2.75, 3.05) is 4.90 Å². The van der Waals surface area contributed by atoms with Gasteiger partial charge in [-0.15, -0.1) is 11.3 Å². The molecule has 0 unspecified atom stereocenters. The van der Waals surface area contributed by atoms with Gasteiger partial charge >= 0.3 is 0 Å². The van der Waals surface area contributed by atoms with Crippen molar-refractivity contribution in [3.63, 3.8) is 0 Å². The van der Waals surface area contributed by atoms with Gasteiger partial charge < -0.3 is 4.90 Å². The fourth-order valence-corrected chi connectivity index (χ4v) is 10.1. The van der Waals surface area contributed by atoms with E-state index in [4.69, 9.17) is 0 Å². The minimum absolute atomic E-state index is 1.10. The molecule has 0 aliphatic rings. The summed E-state index contributed by atoms with van der Waals surface area (Å²) in [6, 6.07) is 82.0. The molecule has 11 aromatic rings. The summed E-state index contributed by atoms with van der Waals surface area (Å²) in [6.07, 6.45) is 0. The average molecular weight is 756 g/mol. The molecular weight excluding hydrogens is 719 g/mol. The van der Waals surface area contributed by atoms with Crippen molar-refractivity contribution in [1.29, 1.82) is 0 Å². The first-order chi connectivity index (χ1) is 28.8. The molecule has 272 valence electrons. The first-order valence-electron chi connectivity index (χ1n) is 19.8. The normalized spacial score (nSPS) is 11.4. The maximum atomic E-state index is 2.50. The maximum absolute atomic E-state index is 2.50. The quantitative estimate of drug-likeness (QED) is 0.146. The molecule has 0 radical (unpaired) electrons. The van der Waals surface area contributed by atoms with E-state index in [1.165, 1.54) is 80.7 Å². The molecule has 0 bridgehead atoms. The Hall–Kier alpha value is -7.26. The monoisotopic (exact) mass is 755 g/mol. The second-order valence-corrected chi connectivity index (χ2v) is 15.9. The van der Waals surface area contributed by atoms with E-state index in [2.05, 4.69) is 229 Å². The molecule has 0 spiro atoms. The molecule has 0 atom stereocenters. The highest BCUT2D eigenvalue weighted by Crippen LogP contribution is 2.49. The second-order valence-electron chi connectivity index (χ2n) is 14.8. The Balaban J connectivity index is 1.17. The van der Waals surface area contributed by atoms with Crippen LogP contribution in [0.5, 0.6) is 0 Å². The molecule has 1 aromatic heterocycles. The van der Waals surface area contributed by atoms with Crippen LogP contribution < -0.4 is 4.90 Å². The Morgan fingerprint density at radius 1 is 0.293 bits per heavy atom. The zero-order chi connectivity index (χ0) is 38.4. The van der Waals surface area contributed by atoms with Crippen molar-refractivity contribution < 1.29 is 0 Å². The Kier molecular flexibility index (Phi) is 8.42. The summed E-state index contributed by atoms with van der Waals surface area (Å²) in [4.78, 5) is 2.50. The number of benzene rings is 10. The van der Waals surface area contributed by atoms with Gasteiger partial charge in [-0.3, -0.25) is 0 Å². The van der Waals surface area contributed by atoms with Crippen LogP contribution in [0.1, 0.15) is 0 Å². The largest absolute Gasteiger partial charge is 0.309 e. The first-order valence-corrected chi connectivity index (χ1v) is 20.7. The fourth-order valence-electron chi connectivity index (χ4n) is 8.85. The molecule has 0 saturated carbocycles. The number of fused-ring (bicyclic) bond motifs is 6. The highest BCUT2D eigenvalue weighted by Gasteiger charge is 2.23. The van der Waals surface area contributed by atoms with Crippen LogP contribution in [0.4, 0.5) is 17.1 Å². The molecule has 2 heteroatoms. The fraction of sp³-hybridized carbons (Fsp3) is 0. The number of hydrogen-bond donors (Lipinski definition) is 0. The van der Waals surface area contributed by atoms with E-state index in [9.17, 15) is 0 Å². The molecule has 0 saturated heterocycles. The third-order valence-corrected chi connectivity index (χ3v) is 12.7. The third-order valence-electron chi connectivity index (χ3n) is 11.5. The number of thiophene rings is 1. The summed E-state index contributed by atoms with van der Waals surface area (Å²) in [6.45, 7) is 0. The van der Waals surface area contributed by atoms with E-state index in [0.29, 0.717) is 0 Å². The number of para-hydroxylation sites is 1. The van der Waals surface area contributed by atoms with E-state index in [1.54, 1.807) is 0 Å². The van der Waals surface area contributed by atoms with Gasteiger partial charge in [-0.1, -0.05) is 194 Å². The lowest BCUT2D eigenvalue weighted by atomic mass is 9.88. The summed E-state index contributed by atoms with van der Waals surface area (Å²) < 4.78 is 2.63. The van der Waals surface area contributed by atoms with Gasteiger partial charge in [-0.05, 0) is 85.4 Å². The van der Waals surface area contributed by atoms with Crippen LogP contribution in [0.25, 0.3) is 86.2 Å². The molecule has 0 amide bonds. The summed E-state index contributed by atoms with van der Waals surface area (Å²) in [7, 11) is 0. The standard InChI is InChI=1S/C56H37NS/c1-2-18-38(19-3-1)42-23-6-7-25-45(42)47-27-8-9-28-48(47)49-29-12-14-34-53(49)57(54-37-40-20-4-5-24-43(40)46-26-10-11-30-50(46)54)41-22-16-21-39(36-41)44-32-17-33-52-51-31-13-15-35-55(51)58-56(44)52/h1-37H. The first kappa shape index (κ1) is 34.0. The lowest BCUT2D eigenvalue weighted by Crippen LogP contribution is -2.12. The van der Waals surface area contributed by atoms with Crippen LogP contribution in [0.2, 0.25) is 0 Å². The van der Waals surface area contributed by atoms with Crippen molar-refractivity contribution in [3.05, 3.63) is 224 Å². The highest BCUT2D eigenvalue weighted by atomic mass is 32.1. The van der Waals surface area contributed by atoms with E-state index in [1.807, 2.05) is 11.3 Å². The Bertz CT molecular complexity index is 3300. The van der Waals surface area contributed by atoms with E-state index >= 15 is 0 Å². The minimum atomic E-state index is 1.10. The second kappa shape index (κ2) is 14.4. The number of nitrogens with zero attached hydrogens (tertiary/aromatic N) is 1. The SMILES string of the molecule is c1ccc(-c2ccccc2-c2ccccc2-c2ccccc2N(c2cccc(-c3cccc4c3sc3ccccc34)c2)c2cc3ccccc3c3ccccc23)cc1. The summed E-state index contributed by atoms with van der Waals surface area (Å²) in [5.74, 6) is 0. The molecule has 1 nitrogen and oxygen atoms in total. The van der Waals surface area contributed by atoms with Crippen LogP contribution >= 0.6 is 11.3 Å². The third kappa shape index (κ3) is 5.77. The van der Waals surface area contributed by atoms with Gasteiger partial charge in [0.25, 0.3) is 0 Å². The van der Waals surface area contributed by atoms with Crippen LogP contribution in [0.15, 0.2) is 224 Å². The molecule has 1 heterocycles. The molecule has 58 heavy (non-hydrogen) atoms. The van der Waals surface area contributed by atoms with Crippen LogP contribution in [-0.2, 0) is 0 Å². The van der Waals surface area contributed by atoms with Crippen molar-refractivity contribution in [2.24, 2.45) is 0 Å². The van der Waals surface area contributed by atoms with Crippen molar-refractivity contribution in [1.82, 2.24) is 0 Å². The molecule has 11 rings (SSSR count). The smallest absolute Gasteiger partial charge is 0.0546 e. The molecule has 0 N–H and O–H groups in total. The number of hydrogen-bond acceptors (Lipinski definition) is 2. The zero-order valence-corrected chi connectivity index (χ0v) is 32.5. The number of rotatable bonds is 7. The average Bonchev–Trinajstić information content (AvgIpc) is 3.69. The molecular formula is C56H37NS. The van der Waals surface area contributed by atoms with E-state index < -0.39 is 0 Å². The van der Waals surface area contributed by atoms with E-state index in [-0.39, 0.29) is 0 Å². The Morgan fingerprint density at radius 2 is 0.828 bits per heavy atom. The minimum Gasteiger partial charge on any atom is -0.309 e. The van der Waals surface area contributed by atoms with Gasteiger partial charge in [-0.2, -0.15) is 0 Å². The maximum Gasteiger partial charge on any atom is 0.0546 e. The lowest BCUT2D eigenvalue weighted by molar-refractivity contribution is 1.30. The highest BCUT2D eigenvalue weighted by molar-refractivity contribution is 7.26. The molecule has 10 aromatic carbocycles. The van der Waals surface area contributed by atoms with Crippen LogP contribution in [0, 0.1) is 0 Å². The predicted molar refractivity (Wildman–Crippen MR) is 251 cm³/mol. The van der Waals surface area contributed by atoms with Gasteiger partial charge in [0.15, 0.2) is 0 Å². The van der Waals surface area contributed by atoms with Gasteiger partial charge in [0.05, 0.1) is 11.4 Å². The molecule has 0 fully saturated rings. The Labute approximate surface area is 342 Å². The van der Waals surface area contributed by atoms with E-state index in [0.717, 1.165) is 22.6 Å². The summed E-state index contributed by atoms with van der Waals surface area (Å²) in [5.41, 5.74) is 13.0. The van der Waals surface area contributed by atoms with Crippen molar-refractivity contribution in [2.45, 2.75) is 0 Å². The number of anilines is 3. The Morgan fingerprint density at radius 3 is 1.64 bits per heavy atom. The van der Waals surface area contributed by atoms with Gasteiger partial charge in [0.2, 0.25) is 0 Å². The van der Waals surface area contributed by atoms with Gasteiger partial charge in [-0.25, -0.2) is 0 Å². The summed E-state index contributed by atoms with van der Waals surface area (Å²) in [5, 5.41) is 7.52. The van der Waals surface area contributed by atoms with Crippen molar-refractivity contribution in [3.8, 4) is 44.5 Å². The van der Waals surface area contributed by atoms with Gasteiger partial charge in [0.1, 0.15) is 0 Å². The van der Waals surface area contributed by atoms with Crippen LogP contribution in [-0.4, -0.2) is 0 Å². The molecule has 0 aliphatic heterocycles. The summed E-state index contributed by atoms with van der Waals surface area (Å²) >= 11 is 1.88. The topological polar surface area (TPSA) is 3.24 Å². The zero-order valence-electron chi connectivity index (χ0n) is 31.7. The van der Waals surface area contributed by atoms with Crippen LogP contribution in [0.3, 0.4) is 0 Å².